The molecular formula is C11H19N3O3S. The van der Waals surface area contributed by atoms with Crippen LogP contribution in [0.5, 0.6) is 0 Å². The lowest BCUT2D eigenvalue weighted by Gasteiger charge is -2.15. The zero-order chi connectivity index (χ0) is 13.8. The maximum absolute atomic E-state index is 11.8. The molecule has 0 atom stereocenters. The summed E-state index contributed by atoms with van der Waals surface area (Å²) in [5.41, 5.74) is -0.799. The van der Waals surface area contributed by atoms with Crippen molar-refractivity contribution in [1.82, 2.24) is 15.5 Å². The number of urea groups is 1. The SMILES string of the molecule is CNC(=O)CSCCCN1C(=O)NC(C)(C)C1=O. The predicted octanol–water partition coefficient (Wildman–Crippen LogP) is 0.186. The van der Waals surface area contributed by atoms with Gasteiger partial charge in [0.1, 0.15) is 5.54 Å². The summed E-state index contributed by atoms with van der Waals surface area (Å²) in [6.07, 6.45) is 0.691. The lowest BCUT2D eigenvalue weighted by Crippen LogP contribution is -2.40. The van der Waals surface area contributed by atoms with Crippen LogP contribution in [0.4, 0.5) is 4.79 Å². The fourth-order valence-corrected chi connectivity index (χ4v) is 2.39. The van der Waals surface area contributed by atoms with Crippen LogP contribution in [0.1, 0.15) is 20.3 Å². The van der Waals surface area contributed by atoms with Gasteiger partial charge in [0.15, 0.2) is 0 Å². The molecule has 1 rings (SSSR count). The number of carbonyl (C=O) groups excluding carboxylic acids is 3. The van der Waals surface area contributed by atoms with E-state index < -0.39 is 5.54 Å². The molecule has 102 valence electrons. The molecule has 4 amide bonds. The Morgan fingerprint density at radius 3 is 2.61 bits per heavy atom. The van der Waals surface area contributed by atoms with Crippen LogP contribution in [0.15, 0.2) is 0 Å². The van der Waals surface area contributed by atoms with E-state index in [1.807, 2.05) is 0 Å². The molecule has 18 heavy (non-hydrogen) atoms. The van der Waals surface area contributed by atoms with Gasteiger partial charge in [-0.3, -0.25) is 14.5 Å². The number of amides is 4. The summed E-state index contributed by atoms with van der Waals surface area (Å²) >= 11 is 1.49. The van der Waals surface area contributed by atoms with Crippen LogP contribution in [0.3, 0.4) is 0 Å². The zero-order valence-corrected chi connectivity index (χ0v) is 11.7. The molecule has 0 spiro atoms. The van der Waals surface area contributed by atoms with E-state index in [-0.39, 0.29) is 17.8 Å². The minimum absolute atomic E-state index is 0.0175. The van der Waals surface area contributed by atoms with Crippen LogP contribution < -0.4 is 10.6 Å². The molecule has 0 bridgehead atoms. The molecule has 2 N–H and O–H groups in total. The van der Waals surface area contributed by atoms with Crippen molar-refractivity contribution in [2.45, 2.75) is 25.8 Å². The van der Waals surface area contributed by atoms with Crippen LogP contribution in [0, 0.1) is 0 Å². The molecule has 0 unspecified atom stereocenters. The van der Waals surface area contributed by atoms with Crippen molar-refractivity contribution in [3.63, 3.8) is 0 Å². The second kappa shape index (κ2) is 6.08. The third-order valence-electron chi connectivity index (χ3n) is 2.63. The number of hydrogen-bond donors (Lipinski definition) is 2. The van der Waals surface area contributed by atoms with E-state index in [4.69, 9.17) is 0 Å². The Balaban J connectivity index is 2.26. The molecule has 7 heteroatoms. The van der Waals surface area contributed by atoms with E-state index in [9.17, 15) is 14.4 Å². The van der Waals surface area contributed by atoms with Crippen LogP contribution >= 0.6 is 11.8 Å². The average Bonchev–Trinajstić information content (AvgIpc) is 2.49. The van der Waals surface area contributed by atoms with Crippen molar-refractivity contribution in [1.29, 1.82) is 0 Å². The quantitative estimate of drug-likeness (QED) is 0.535. The maximum atomic E-state index is 11.8. The molecule has 1 heterocycles. The first-order valence-corrected chi connectivity index (χ1v) is 6.96. The van der Waals surface area contributed by atoms with E-state index in [0.717, 1.165) is 5.75 Å². The summed E-state index contributed by atoms with van der Waals surface area (Å²) in [6, 6.07) is -0.332. The Bertz CT molecular complexity index is 357. The number of nitrogens with zero attached hydrogens (tertiary/aromatic N) is 1. The number of carbonyl (C=O) groups is 3. The molecule has 1 aliphatic heterocycles. The molecule has 0 aromatic heterocycles. The average molecular weight is 273 g/mol. The first-order chi connectivity index (χ1) is 8.38. The number of rotatable bonds is 6. The Hall–Kier alpha value is -1.24. The summed E-state index contributed by atoms with van der Waals surface area (Å²) < 4.78 is 0. The van der Waals surface area contributed by atoms with E-state index in [0.29, 0.717) is 18.7 Å². The highest BCUT2D eigenvalue weighted by Crippen LogP contribution is 2.17. The standard InChI is InChI=1S/C11H19N3O3S/c1-11(2)9(16)14(10(17)13-11)5-4-6-18-7-8(15)12-3/h4-7H2,1-3H3,(H,12,15)(H,13,17). The summed E-state index contributed by atoms with van der Waals surface area (Å²) in [7, 11) is 1.60. The molecule has 0 aromatic rings. The smallest absolute Gasteiger partial charge is 0.325 e. The lowest BCUT2D eigenvalue weighted by atomic mass is 10.1. The van der Waals surface area contributed by atoms with Crippen molar-refractivity contribution in [3.05, 3.63) is 0 Å². The molecule has 1 fully saturated rings. The minimum atomic E-state index is -0.799. The molecular weight excluding hydrogens is 254 g/mol. The Morgan fingerprint density at radius 2 is 2.11 bits per heavy atom. The topological polar surface area (TPSA) is 78.5 Å². The van der Waals surface area contributed by atoms with Crippen LogP contribution in [-0.4, -0.2) is 53.4 Å². The van der Waals surface area contributed by atoms with E-state index in [1.54, 1.807) is 20.9 Å². The van der Waals surface area contributed by atoms with Crippen LogP contribution in [0.2, 0.25) is 0 Å². The Morgan fingerprint density at radius 1 is 1.44 bits per heavy atom. The van der Waals surface area contributed by atoms with Gasteiger partial charge >= 0.3 is 6.03 Å². The van der Waals surface area contributed by atoms with Gasteiger partial charge in [0.05, 0.1) is 5.75 Å². The predicted molar refractivity (Wildman–Crippen MR) is 70.3 cm³/mol. The monoisotopic (exact) mass is 273 g/mol. The van der Waals surface area contributed by atoms with Crippen LogP contribution in [0.25, 0.3) is 0 Å². The Kier molecular flexibility index (Phi) is 5.01. The van der Waals surface area contributed by atoms with Gasteiger partial charge in [-0.1, -0.05) is 0 Å². The largest absolute Gasteiger partial charge is 0.358 e. The van der Waals surface area contributed by atoms with Gasteiger partial charge in [0.25, 0.3) is 5.91 Å². The fourth-order valence-electron chi connectivity index (χ4n) is 1.58. The second-order valence-corrected chi connectivity index (χ2v) is 5.70. The maximum Gasteiger partial charge on any atom is 0.325 e. The molecule has 1 aliphatic rings. The number of imide groups is 1. The molecule has 1 saturated heterocycles. The van der Waals surface area contributed by atoms with E-state index in [1.165, 1.54) is 16.7 Å². The molecule has 0 saturated carbocycles. The van der Waals surface area contributed by atoms with Gasteiger partial charge < -0.3 is 10.6 Å². The number of hydrogen-bond acceptors (Lipinski definition) is 4. The van der Waals surface area contributed by atoms with Crippen molar-refractivity contribution >= 4 is 29.6 Å². The van der Waals surface area contributed by atoms with Crippen molar-refractivity contribution < 1.29 is 14.4 Å². The highest BCUT2D eigenvalue weighted by molar-refractivity contribution is 7.99. The summed E-state index contributed by atoms with van der Waals surface area (Å²) in [6.45, 7) is 3.77. The summed E-state index contributed by atoms with van der Waals surface area (Å²) in [5, 5.41) is 5.16. The fraction of sp³-hybridized carbons (Fsp3) is 0.727. The normalized spacial score (nSPS) is 17.8. The third-order valence-corrected chi connectivity index (χ3v) is 3.67. The first kappa shape index (κ1) is 14.8. The minimum Gasteiger partial charge on any atom is -0.358 e. The van der Waals surface area contributed by atoms with E-state index in [2.05, 4.69) is 10.6 Å². The number of thioether (sulfide) groups is 1. The van der Waals surface area contributed by atoms with Gasteiger partial charge in [0.2, 0.25) is 5.91 Å². The van der Waals surface area contributed by atoms with Crippen molar-refractivity contribution in [2.75, 3.05) is 25.1 Å². The van der Waals surface area contributed by atoms with Gasteiger partial charge in [-0.05, 0) is 26.0 Å². The van der Waals surface area contributed by atoms with Crippen LogP contribution in [-0.2, 0) is 9.59 Å². The molecule has 0 aliphatic carbocycles. The number of nitrogens with one attached hydrogen (secondary N) is 2. The second-order valence-electron chi connectivity index (χ2n) is 4.59. The van der Waals surface area contributed by atoms with Gasteiger partial charge in [-0.25, -0.2) is 4.79 Å². The van der Waals surface area contributed by atoms with Crippen molar-refractivity contribution in [3.8, 4) is 0 Å². The van der Waals surface area contributed by atoms with Gasteiger partial charge in [-0.2, -0.15) is 11.8 Å². The van der Waals surface area contributed by atoms with Crippen molar-refractivity contribution in [2.24, 2.45) is 0 Å². The third kappa shape index (κ3) is 3.63. The summed E-state index contributed by atoms with van der Waals surface area (Å²) in [4.78, 5) is 35.6. The van der Waals surface area contributed by atoms with Gasteiger partial charge in [0, 0.05) is 13.6 Å². The molecule has 0 radical (unpaired) electrons. The Labute approximate surface area is 111 Å². The highest BCUT2D eigenvalue weighted by Gasteiger charge is 2.43. The first-order valence-electron chi connectivity index (χ1n) is 5.81. The zero-order valence-electron chi connectivity index (χ0n) is 10.9. The molecule has 0 aromatic carbocycles. The molecule has 6 nitrogen and oxygen atoms in total. The van der Waals surface area contributed by atoms with Gasteiger partial charge in [-0.15, -0.1) is 0 Å². The highest BCUT2D eigenvalue weighted by atomic mass is 32.2. The van der Waals surface area contributed by atoms with E-state index >= 15 is 0 Å². The summed E-state index contributed by atoms with van der Waals surface area (Å²) in [5.74, 6) is 0.937. The lowest BCUT2D eigenvalue weighted by molar-refractivity contribution is -0.130.